The number of aromatic amines is 1. The zero-order valence-electron chi connectivity index (χ0n) is 21.3. The third-order valence-electron chi connectivity index (χ3n) is 8.06. The lowest BCUT2D eigenvalue weighted by Crippen LogP contribution is -2.51. The fourth-order valence-electron chi connectivity index (χ4n) is 6.12. The molecule has 6 rings (SSSR count). The van der Waals surface area contributed by atoms with E-state index in [-0.39, 0.29) is 23.7 Å². The molecule has 0 amide bonds. The highest BCUT2D eigenvalue weighted by molar-refractivity contribution is 5.74. The van der Waals surface area contributed by atoms with Crippen LogP contribution in [0.15, 0.2) is 36.4 Å². The summed E-state index contributed by atoms with van der Waals surface area (Å²) in [7, 11) is 2.08. The predicted octanol–water partition coefficient (Wildman–Crippen LogP) is 6.10. The van der Waals surface area contributed by atoms with Gasteiger partial charge in [-0.25, -0.2) is 13.8 Å². The lowest BCUT2D eigenvalue weighted by molar-refractivity contribution is -0.173. The molecule has 0 saturated heterocycles. The van der Waals surface area contributed by atoms with E-state index in [0.29, 0.717) is 12.8 Å². The van der Waals surface area contributed by atoms with E-state index in [1.54, 1.807) is 0 Å². The highest BCUT2D eigenvalue weighted by atomic mass is 19.2. The van der Waals surface area contributed by atoms with E-state index >= 15 is 0 Å². The summed E-state index contributed by atoms with van der Waals surface area (Å²) in [6.07, 6.45) is 4.89. The average Bonchev–Trinajstić information content (AvgIpc) is 3.27. The number of benzene rings is 2. The standard InChI is InChI=1S/C29H35F2N3O2/c1-18(2)28(35)36-29(17-19-10-11-22(29)21-16-24(31)23(30)15-20(19)21)12-14-34(3)13-6-9-27-32-25-7-4-5-8-26(25)33-27/h4-5,7-8,15-16,18-19,22H,6,9-14,17H2,1-3H3,(H,32,33)/t19-,22-,29+/m1/s1. The van der Waals surface area contributed by atoms with Crippen LogP contribution in [-0.4, -0.2) is 46.6 Å². The Bertz CT molecular complexity index is 1220. The lowest BCUT2D eigenvalue weighted by atomic mass is 9.58. The Labute approximate surface area is 211 Å². The molecule has 3 aromatic rings. The maximum absolute atomic E-state index is 14.2. The van der Waals surface area contributed by atoms with Crippen LogP contribution in [-0.2, 0) is 16.0 Å². The maximum atomic E-state index is 14.2. The van der Waals surface area contributed by atoms with Crippen molar-refractivity contribution in [3.8, 4) is 0 Å². The van der Waals surface area contributed by atoms with Gasteiger partial charge < -0.3 is 14.6 Å². The van der Waals surface area contributed by atoms with Gasteiger partial charge in [-0.05, 0) is 80.6 Å². The van der Waals surface area contributed by atoms with Gasteiger partial charge in [-0.1, -0.05) is 26.0 Å². The topological polar surface area (TPSA) is 58.2 Å². The highest BCUT2D eigenvalue weighted by Crippen LogP contribution is 2.57. The molecule has 0 radical (unpaired) electrons. The zero-order valence-corrected chi connectivity index (χ0v) is 21.3. The first-order chi connectivity index (χ1) is 17.3. The molecule has 0 unspecified atom stereocenters. The number of rotatable bonds is 9. The number of hydrogen-bond acceptors (Lipinski definition) is 4. The van der Waals surface area contributed by atoms with Crippen molar-refractivity contribution >= 4 is 17.0 Å². The molecule has 0 spiro atoms. The molecule has 5 nitrogen and oxygen atoms in total. The summed E-state index contributed by atoms with van der Waals surface area (Å²) in [5.41, 5.74) is 3.06. The van der Waals surface area contributed by atoms with Crippen molar-refractivity contribution in [2.45, 2.75) is 69.8 Å². The molecular weight excluding hydrogens is 460 g/mol. The SMILES string of the molecule is CC(C)C(=O)O[C@@]1(CCN(C)CCCc2nc3ccccc3[nH]2)C[C@H]2CC[C@@H]1c1cc(F)c(F)cc12. The Morgan fingerprint density at radius 2 is 1.92 bits per heavy atom. The van der Waals surface area contributed by atoms with Gasteiger partial charge in [0, 0.05) is 25.3 Å². The minimum Gasteiger partial charge on any atom is -0.458 e. The van der Waals surface area contributed by atoms with Crippen LogP contribution in [0, 0.1) is 17.6 Å². The number of imidazole rings is 1. The number of carbonyl (C=O) groups excluding carboxylic acids is 1. The molecule has 1 aromatic heterocycles. The Hall–Kier alpha value is -2.80. The third-order valence-corrected chi connectivity index (χ3v) is 8.06. The van der Waals surface area contributed by atoms with E-state index in [0.717, 1.165) is 66.8 Å². The molecule has 192 valence electrons. The highest BCUT2D eigenvalue weighted by Gasteiger charge is 2.53. The molecule has 3 aliphatic rings. The van der Waals surface area contributed by atoms with Gasteiger partial charge >= 0.3 is 5.97 Å². The van der Waals surface area contributed by atoms with Crippen molar-refractivity contribution in [2.24, 2.45) is 5.92 Å². The van der Waals surface area contributed by atoms with E-state index in [2.05, 4.69) is 21.9 Å². The third kappa shape index (κ3) is 4.77. The van der Waals surface area contributed by atoms with Crippen molar-refractivity contribution in [1.82, 2.24) is 14.9 Å². The number of para-hydroxylation sites is 2. The first-order valence-corrected chi connectivity index (χ1v) is 13.1. The summed E-state index contributed by atoms with van der Waals surface area (Å²) in [6.45, 7) is 5.32. The van der Waals surface area contributed by atoms with E-state index in [9.17, 15) is 13.6 Å². The smallest absolute Gasteiger partial charge is 0.308 e. The second kappa shape index (κ2) is 9.92. The molecule has 0 aliphatic heterocycles. The molecule has 1 N–H and O–H groups in total. The molecule has 1 fully saturated rings. The number of carbonyl (C=O) groups is 1. The van der Waals surface area contributed by atoms with Crippen LogP contribution < -0.4 is 0 Å². The summed E-state index contributed by atoms with van der Waals surface area (Å²) < 4.78 is 34.5. The van der Waals surface area contributed by atoms with Crippen LogP contribution in [0.3, 0.4) is 0 Å². The van der Waals surface area contributed by atoms with E-state index < -0.39 is 17.2 Å². The van der Waals surface area contributed by atoms with Crippen LogP contribution in [0.25, 0.3) is 11.0 Å². The number of H-pyrrole nitrogens is 1. The number of nitrogens with one attached hydrogen (secondary N) is 1. The fraction of sp³-hybridized carbons (Fsp3) is 0.517. The first kappa shape index (κ1) is 24.9. The summed E-state index contributed by atoms with van der Waals surface area (Å²) in [5.74, 6) is -1.13. The van der Waals surface area contributed by atoms with Crippen molar-refractivity contribution < 1.29 is 18.3 Å². The largest absolute Gasteiger partial charge is 0.458 e. The van der Waals surface area contributed by atoms with Crippen molar-refractivity contribution in [2.75, 3.05) is 20.1 Å². The molecule has 7 heteroatoms. The second-order valence-electron chi connectivity index (χ2n) is 10.9. The number of aryl methyl sites for hydroxylation is 1. The molecule has 2 bridgehead atoms. The molecule has 36 heavy (non-hydrogen) atoms. The molecule has 1 saturated carbocycles. The fourth-order valence-corrected chi connectivity index (χ4v) is 6.12. The van der Waals surface area contributed by atoms with E-state index in [1.165, 1.54) is 12.1 Å². The minimum absolute atomic E-state index is 0.0819. The van der Waals surface area contributed by atoms with Crippen LogP contribution >= 0.6 is 0 Å². The van der Waals surface area contributed by atoms with Crippen LogP contribution in [0.2, 0.25) is 0 Å². The molecule has 1 heterocycles. The summed E-state index contributed by atoms with van der Waals surface area (Å²) in [6, 6.07) is 10.7. The molecular formula is C29H35F2N3O2. The normalized spacial score (nSPS) is 23.0. The molecule has 3 atom stereocenters. The van der Waals surface area contributed by atoms with Gasteiger partial charge in [0.2, 0.25) is 0 Å². The molecule has 3 aliphatic carbocycles. The maximum Gasteiger partial charge on any atom is 0.308 e. The lowest BCUT2D eigenvalue weighted by Gasteiger charge is -2.52. The van der Waals surface area contributed by atoms with Crippen molar-refractivity contribution in [3.05, 3.63) is 65.0 Å². The predicted molar refractivity (Wildman–Crippen MR) is 136 cm³/mol. The van der Waals surface area contributed by atoms with Gasteiger partial charge in [0.25, 0.3) is 0 Å². The number of nitrogens with zero attached hydrogens (tertiary/aromatic N) is 2. The van der Waals surface area contributed by atoms with Gasteiger partial charge in [0.15, 0.2) is 11.6 Å². The summed E-state index contributed by atoms with van der Waals surface area (Å²) >= 11 is 0. The quantitative estimate of drug-likeness (QED) is 0.365. The van der Waals surface area contributed by atoms with Crippen molar-refractivity contribution in [1.29, 1.82) is 0 Å². The van der Waals surface area contributed by atoms with Gasteiger partial charge in [-0.2, -0.15) is 0 Å². The van der Waals surface area contributed by atoms with Gasteiger partial charge in [-0.3, -0.25) is 4.79 Å². The van der Waals surface area contributed by atoms with Crippen LogP contribution in [0.5, 0.6) is 0 Å². The van der Waals surface area contributed by atoms with Crippen LogP contribution in [0.4, 0.5) is 8.78 Å². The Morgan fingerprint density at radius 1 is 1.17 bits per heavy atom. The van der Waals surface area contributed by atoms with E-state index in [4.69, 9.17) is 4.74 Å². The molecule has 2 aromatic carbocycles. The number of halogens is 2. The number of aromatic nitrogens is 2. The van der Waals surface area contributed by atoms with Crippen molar-refractivity contribution in [3.63, 3.8) is 0 Å². The van der Waals surface area contributed by atoms with Crippen LogP contribution in [0.1, 0.15) is 74.7 Å². The van der Waals surface area contributed by atoms with Gasteiger partial charge in [-0.15, -0.1) is 0 Å². The number of esters is 1. The first-order valence-electron chi connectivity index (χ1n) is 13.1. The summed E-state index contributed by atoms with van der Waals surface area (Å²) in [4.78, 5) is 23.1. The van der Waals surface area contributed by atoms with Gasteiger partial charge in [0.1, 0.15) is 11.4 Å². The average molecular weight is 496 g/mol. The summed E-state index contributed by atoms with van der Waals surface area (Å²) in [5, 5.41) is 0. The van der Waals surface area contributed by atoms with Gasteiger partial charge in [0.05, 0.1) is 17.0 Å². The Morgan fingerprint density at radius 3 is 2.67 bits per heavy atom. The number of fused-ring (bicyclic) bond motifs is 3. The second-order valence-corrected chi connectivity index (χ2v) is 10.9. The monoisotopic (exact) mass is 495 g/mol. The zero-order chi connectivity index (χ0) is 25.4. The van der Waals surface area contributed by atoms with E-state index in [1.807, 2.05) is 38.1 Å². The Balaban J connectivity index is 1.27. The Kier molecular flexibility index (Phi) is 6.86. The number of ether oxygens (including phenoxy) is 1. The minimum atomic E-state index is -0.826. The number of hydrogen-bond donors (Lipinski definition) is 1.